The number of benzene rings is 1. The van der Waals surface area contributed by atoms with Crippen LogP contribution in [0.15, 0.2) is 30.5 Å². The van der Waals surface area contributed by atoms with E-state index in [0.717, 1.165) is 6.42 Å². The van der Waals surface area contributed by atoms with Gasteiger partial charge in [0, 0.05) is 43.3 Å². The van der Waals surface area contributed by atoms with Gasteiger partial charge in [0.15, 0.2) is 0 Å². The van der Waals surface area contributed by atoms with Crippen molar-refractivity contribution >= 4 is 16.6 Å². The molecule has 1 aliphatic carbocycles. The normalized spacial score (nSPS) is 23.7. The van der Waals surface area contributed by atoms with Crippen molar-refractivity contribution in [3.63, 3.8) is 0 Å². The van der Waals surface area contributed by atoms with Crippen LogP contribution in [0.4, 0.5) is 5.69 Å². The molecule has 1 aromatic carbocycles. The minimum atomic E-state index is 0.303. The second-order valence-corrected chi connectivity index (χ2v) is 5.77. The first kappa shape index (κ1) is 12.5. The smallest absolute Gasteiger partial charge is 0.0626 e. The number of anilines is 1. The number of likely N-dealkylation sites (N-methyl/N-ethyl adjacent to an activating group) is 1. The Morgan fingerprint density at radius 1 is 1.21 bits per heavy atom. The molecule has 3 nitrogen and oxygen atoms in total. The molecule has 0 bridgehead atoms. The number of aryl methyl sites for hydroxylation is 1. The molecule has 2 N–H and O–H groups in total. The summed E-state index contributed by atoms with van der Waals surface area (Å²) >= 11 is 0. The minimum Gasteiger partial charge on any atom is -0.368 e. The summed E-state index contributed by atoms with van der Waals surface area (Å²) < 4.78 is 2.20. The lowest BCUT2D eigenvalue weighted by molar-refractivity contribution is 0.374. The van der Waals surface area contributed by atoms with Gasteiger partial charge in [-0.1, -0.05) is 31.0 Å². The van der Waals surface area contributed by atoms with Crippen molar-refractivity contribution in [3.05, 3.63) is 30.5 Å². The summed E-state index contributed by atoms with van der Waals surface area (Å²) in [6, 6.07) is 9.36. The summed E-state index contributed by atoms with van der Waals surface area (Å²) in [5.74, 6) is 0. The van der Waals surface area contributed by atoms with Gasteiger partial charge in [0.2, 0.25) is 0 Å². The first-order valence-electron chi connectivity index (χ1n) is 7.21. The summed E-state index contributed by atoms with van der Waals surface area (Å²) in [4.78, 5) is 2.40. The van der Waals surface area contributed by atoms with Crippen LogP contribution in [-0.4, -0.2) is 23.7 Å². The molecule has 0 aliphatic heterocycles. The zero-order chi connectivity index (χ0) is 13.4. The summed E-state index contributed by atoms with van der Waals surface area (Å²) in [6.07, 6.45) is 7.17. The predicted molar refractivity (Wildman–Crippen MR) is 81.6 cm³/mol. The molecule has 3 heteroatoms. The zero-order valence-electron chi connectivity index (χ0n) is 11.8. The lowest BCUT2D eigenvalue weighted by Gasteiger charge is -2.37. The van der Waals surface area contributed by atoms with Crippen LogP contribution >= 0.6 is 0 Å². The average molecular weight is 257 g/mol. The fourth-order valence-corrected chi connectivity index (χ4v) is 3.40. The van der Waals surface area contributed by atoms with Gasteiger partial charge in [-0.15, -0.1) is 0 Å². The summed E-state index contributed by atoms with van der Waals surface area (Å²) in [5, 5.41) is 1.32. The Bertz CT molecular complexity index is 572. The van der Waals surface area contributed by atoms with E-state index in [1.165, 1.54) is 35.9 Å². The fraction of sp³-hybridized carbons (Fsp3) is 0.500. The van der Waals surface area contributed by atoms with Crippen molar-refractivity contribution < 1.29 is 0 Å². The molecular weight excluding hydrogens is 234 g/mol. The van der Waals surface area contributed by atoms with Gasteiger partial charge in [0.1, 0.15) is 0 Å². The Morgan fingerprint density at radius 3 is 2.74 bits per heavy atom. The molecule has 1 fully saturated rings. The Hall–Kier alpha value is -1.48. The van der Waals surface area contributed by atoms with Crippen molar-refractivity contribution in [1.82, 2.24) is 4.57 Å². The van der Waals surface area contributed by atoms with E-state index in [1.54, 1.807) is 0 Å². The van der Waals surface area contributed by atoms with Crippen molar-refractivity contribution in [2.75, 3.05) is 11.9 Å². The van der Waals surface area contributed by atoms with E-state index in [2.05, 4.69) is 54.0 Å². The molecular formula is C16H23N3. The van der Waals surface area contributed by atoms with Gasteiger partial charge in [-0.3, -0.25) is 0 Å². The molecule has 3 rings (SSSR count). The number of aromatic nitrogens is 1. The van der Waals surface area contributed by atoms with Crippen LogP contribution in [0.1, 0.15) is 25.7 Å². The molecule has 1 heterocycles. The highest BCUT2D eigenvalue weighted by Gasteiger charge is 2.27. The van der Waals surface area contributed by atoms with Crippen LogP contribution in [0.3, 0.4) is 0 Å². The molecule has 0 amide bonds. The minimum absolute atomic E-state index is 0.303. The maximum atomic E-state index is 6.32. The Balaban J connectivity index is 1.99. The largest absolute Gasteiger partial charge is 0.368 e. The summed E-state index contributed by atoms with van der Waals surface area (Å²) in [5.41, 5.74) is 8.91. The van der Waals surface area contributed by atoms with Gasteiger partial charge in [-0.2, -0.15) is 0 Å². The third-order valence-electron chi connectivity index (χ3n) is 4.53. The SMILES string of the molecule is CN(c1cn(C)c2ccccc12)C1CCCCC1N. The molecule has 2 unspecified atom stereocenters. The quantitative estimate of drug-likeness (QED) is 0.897. The van der Waals surface area contributed by atoms with Gasteiger partial charge in [-0.25, -0.2) is 0 Å². The molecule has 102 valence electrons. The molecule has 0 spiro atoms. The lowest BCUT2D eigenvalue weighted by atomic mass is 9.90. The van der Waals surface area contributed by atoms with E-state index < -0.39 is 0 Å². The van der Waals surface area contributed by atoms with E-state index in [9.17, 15) is 0 Å². The highest BCUT2D eigenvalue weighted by Crippen LogP contribution is 2.32. The van der Waals surface area contributed by atoms with E-state index in [1.807, 2.05) is 0 Å². The van der Waals surface area contributed by atoms with Crippen LogP contribution in [0, 0.1) is 0 Å². The number of fused-ring (bicyclic) bond motifs is 1. The second-order valence-electron chi connectivity index (χ2n) is 5.77. The second kappa shape index (κ2) is 4.89. The number of hydrogen-bond acceptors (Lipinski definition) is 2. The van der Waals surface area contributed by atoms with Crippen LogP contribution in [0.25, 0.3) is 10.9 Å². The van der Waals surface area contributed by atoms with Crippen LogP contribution < -0.4 is 10.6 Å². The van der Waals surface area contributed by atoms with E-state index in [4.69, 9.17) is 5.73 Å². The maximum Gasteiger partial charge on any atom is 0.0626 e. The molecule has 19 heavy (non-hydrogen) atoms. The van der Waals surface area contributed by atoms with Gasteiger partial charge < -0.3 is 15.2 Å². The Morgan fingerprint density at radius 2 is 1.95 bits per heavy atom. The van der Waals surface area contributed by atoms with Crippen molar-refractivity contribution in [3.8, 4) is 0 Å². The predicted octanol–water partition coefficient (Wildman–Crippen LogP) is 2.88. The van der Waals surface area contributed by atoms with Gasteiger partial charge in [0.05, 0.1) is 5.69 Å². The van der Waals surface area contributed by atoms with E-state index in [0.29, 0.717) is 12.1 Å². The van der Waals surface area contributed by atoms with Crippen molar-refractivity contribution in [2.45, 2.75) is 37.8 Å². The number of nitrogens with two attached hydrogens (primary N) is 1. The molecule has 0 radical (unpaired) electrons. The first-order valence-corrected chi connectivity index (χ1v) is 7.21. The monoisotopic (exact) mass is 257 g/mol. The highest BCUT2D eigenvalue weighted by atomic mass is 15.2. The third kappa shape index (κ3) is 2.12. The molecule has 2 atom stereocenters. The topological polar surface area (TPSA) is 34.2 Å². The van der Waals surface area contributed by atoms with Crippen LogP contribution in [-0.2, 0) is 7.05 Å². The average Bonchev–Trinajstić information content (AvgIpc) is 2.77. The third-order valence-corrected chi connectivity index (χ3v) is 4.53. The molecule has 0 saturated heterocycles. The maximum absolute atomic E-state index is 6.32. The highest BCUT2D eigenvalue weighted by molar-refractivity contribution is 5.93. The number of rotatable bonds is 2. The number of hydrogen-bond donors (Lipinski definition) is 1. The van der Waals surface area contributed by atoms with Gasteiger partial charge in [0.25, 0.3) is 0 Å². The molecule has 1 saturated carbocycles. The fourth-order valence-electron chi connectivity index (χ4n) is 3.40. The first-order chi connectivity index (χ1) is 9.18. The summed E-state index contributed by atoms with van der Waals surface area (Å²) in [6.45, 7) is 0. The molecule has 2 aromatic rings. The molecule has 1 aliphatic rings. The summed E-state index contributed by atoms with van der Waals surface area (Å²) in [7, 11) is 4.30. The van der Waals surface area contributed by atoms with Crippen LogP contribution in [0.2, 0.25) is 0 Å². The Labute approximate surface area is 115 Å². The Kier molecular flexibility index (Phi) is 3.23. The standard InChI is InChI=1S/C16H23N3/c1-18-11-16(12-7-3-5-9-14(12)18)19(2)15-10-6-4-8-13(15)17/h3,5,7,9,11,13,15H,4,6,8,10,17H2,1-2H3. The zero-order valence-corrected chi connectivity index (χ0v) is 11.8. The molecule has 1 aromatic heterocycles. The van der Waals surface area contributed by atoms with Gasteiger partial charge in [-0.05, 0) is 18.9 Å². The van der Waals surface area contributed by atoms with Crippen molar-refractivity contribution in [1.29, 1.82) is 0 Å². The van der Waals surface area contributed by atoms with Crippen LogP contribution in [0.5, 0.6) is 0 Å². The van der Waals surface area contributed by atoms with E-state index >= 15 is 0 Å². The number of para-hydroxylation sites is 1. The number of nitrogens with zero attached hydrogens (tertiary/aromatic N) is 2. The lowest BCUT2D eigenvalue weighted by Crippen LogP contribution is -2.48. The van der Waals surface area contributed by atoms with E-state index in [-0.39, 0.29) is 0 Å². The van der Waals surface area contributed by atoms with Gasteiger partial charge >= 0.3 is 0 Å². The van der Waals surface area contributed by atoms with Crippen molar-refractivity contribution in [2.24, 2.45) is 12.8 Å².